The smallest absolute Gasteiger partial charge is 0.263 e. The van der Waals surface area contributed by atoms with E-state index in [2.05, 4.69) is 4.98 Å². The zero-order valence-electron chi connectivity index (χ0n) is 17.8. The number of aromatic nitrogens is 3. The van der Waals surface area contributed by atoms with E-state index in [1.54, 1.807) is 35.6 Å². The highest BCUT2D eigenvalue weighted by atomic mass is 35.5. The second-order valence-corrected chi connectivity index (χ2v) is 8.46. The fraction of sp³-hybridized carbons (Fsp3) is 0.261. The van der Waals surface area contributed by atoms with Crippen LogP contribution in [0.25, 0.3) is 10.2 Å². The third kappa shape index (κ3) is 4.87. The molecule has 0 saturated heterocycles. The predicted octanol–water partition coefficient (Wildman–Crippen LogP) is 5.29. The molecule has 0 unspecified atom stereocenters. The van der Waals surface area contributed by atoms with Gasteiger partial charge in [-0.05, 0) is 49.7 Å². The molecule has 32 heavy (non-hydrogen) atoms. The van der Waals surface area contributed by atoms with Gasteiger partial charge in [0.25, 0.3) is 5.91 Å². The molecular weight excluding hydrogens is 448 g/mol. The topological polar surface area (TPSA) is 69.5 Å². The zero-order valence-corrected chi connectivity index (χ0v) is 19.4. The summed E-state index contributed by atoms with van der Waals surface area (Å²) >= 11 is 7.64. The first-order valence-electron chi connectivity index (χ1n) is 10.2. The number of aryl methyl sites for hydroxylation is 1. The SMILES string of the molecule is CCOc1ccc2nc(N(CCCn3ccnc3)C(=O)c3cc(Cl)ccc3OC)sc2c1. The molecule has 0 bridgehead atoms. The molecule has 166 valence electrons. The average Bonchev–Trinajstić information content (AvgIpc) is 3.46. The molecule has 0 spiro atoms. The number of nitrogens with zero attached hydrogens (tertiary/aromatic N) is 4. The third-order valence-electron chi connectivity index (χ3n) is 4.88. The molecule has 0 saturated carbocycles. The number of amides is 1. The number of anilines is 1. The lowest BCUT2D eigenvalue weighted by molar-refractivity contribution is 0.0983. The van der Waals surface area contributed by atoms with Crippen molar-refractivity contribution in [3.63, 3.8) is 0 Å². The van der Waals surface area contributed by atoms with Crippen molar-refractivity contribution in [3.05, 3.63) is 65.7 Å². The predicted molar refractivity (Wildman–Crippen MR) is 127 cm³/mol. The van der Waals surface area contributed by atoms with E-state index >= 15 is 0 Å². The Labute approximate surface area is 195 Å². The maximum absolute atomic E-state index is 13.6. The monoisotopic (exact) mass is 470 g/mol. The van der Waals surface area contributed by atoms with Crippen molar-refractivity contribution in [1.82, 2.24) is 14.5 Å². The van der Waals surface area contributed by atoms with Crippen LogP contribution in [0, 0.1) is 0 Å². The molecule has 0 atom stereocenters. The molecule has 2 aromatic carbocycles. The summed E-state index contributed by atoms with van der Waals surface area (Å²) in [6.07, 6.45) is 6.13. The number of imidazole rings is 1. The number of rotatable bonds is 9. The summed E-state index contributed by atoms with van der Waals surface area (Å²) in [5.41, 5.74) is 1.22. The van der Waals surface area contributed by atoms with E-state index in [4.69, 9.17) is 26.1 Å². The van der Waals surface area contributed by atoms with E-state index in [1.807, 2.05) is 35.9 Å². The van der Waals surface area contributed by atoms with Crippen LogP contribution in [-0.4, -0.2) is 40.7 Å². The van der Waals surface area contributed by atoms with Crippen LogP contribution in [-0.2, 0) is 6.54 Å². The molecular formula is C23H23ClN4O3S. The van der Waals surface area contributed by atoms with Crippen molar-refractivity contribution >= 4 is 44.2 Å². The molecule has 0 radical (unpaired) electrons. The van der Waals surface area contributed by atoms with Gasteiger partial charge in [0.2, 0.25) is 0 Å². The molecule has 1 amide bonds. The number of carbonyl (C=O) groups is 1. The summed E-state index contributed by atoms with van der Waals surface area (Å²) in [6, 6.07) is 10.8. The highest BCUT2D eigenvalue weighted by Gasteiger charge is 2.24. The average molecular weight is 471 g/mol. The van der Waals surface area contributed by atoms with Crippen molar-refractivity contribution in [3.8, 4) is 11.5 Å². The number of fused-ring (bicyclic) bond motifs is 1. The number of hydrogen-bond acceptors (Lipinski definition) is 6. The number of thiazole rings is 1. The third-order valence-corrected chi connectivity index (χ3v) is 6.16. The summed E-state index contributed by atoms with van der Waals surface area (Å²) in [5.74, 6) is 1.04. The van der Waals surface area contributed by atoms with E-state index in [-0.39, 0.29) is 5.91 Å². The molecule has 2 heterocycles. The Morgan fingerprint density at radius 3 is 2.88 bits per heavy atom. The van der Waals surface area contributed by atoms with Gasteiger partial charge in [0.1, 0.15) is 11.5 Å². The number of halogens is 1. The standard InChI is InChI=1S/C23H23ClN4O3S/c1-3-31-17-6-7-19-21(14-17)32-23(26-19)28(11-4-10-27-12-9-25-15-27)22(29)18-13-16(24)5-8-20(18)30-2/h5-9,12-15H,3-4,10-11H2,1-2H3. The van der Waals surface area contributed by atoms with Crippen LogP contribution in [0.2, 0.25) is 5.02 Å². The lowest BCUT2D eigenvalue weighted by Crippen LogP contribution is -2.32. The van der Waals surface area contributed by atoms with Crippen LogP contribution in [0.3, 0.4) is 0 Å². The molecule has 0 N–H and O–H groups in total. The minimum Gasteiger partial charge on any atom is -0.496 e. The zero-order chi connectivity index (χ0) is 22.5. The maximum Gasteiger partial charge on any atom is 0.263 e. The fourth-order valence-electron chi connectivity index (χ4n) is 3.37. The Morgan fingerprint density at radius 1 is 1.25 bits per heavy atom. The minimum absolute atomic E-state index is 0.209. The molecule has 9 heteroatoms. The molecule has 0 aliphatic heterocycles. The second kappa shape index (κ2) is 10.0. The van der Waals surface area contributed by atoms with Gasteiger partial charge in [0.05, 0.1) is 35.8 Å². The Bertz CT molecular complexity index is 1210. The Hall–Kier alpha value is -3.10. The fourth-order valence-corrected chi connectivity index (χ4v) is 4.56. The van der Waals surface area contributed by atoms with Crippen LogP contribution in [0.15, 0.2) is 55.1 Å². The number of carbonyl (C=O) groups excluding carboxylic acids is 1. The van der Waals surface area contributed by atoms with Gasteiger partial charge in [-0.1, -0.05) is 22.9 Å². The van der Waals surface area contributed by atoms with Crippen molar-refractivity contribution in [2.45, 2.75) is 19.9 Å². The molecule has 0 aliphatic carbocycles. The molecule has 7 nitrogen and oxygen atoms in total. The van der Waals surface area contributed by atoms with Gasteiger partial charge in [-0.3, -0.25) is 9.69 Å². The normalized spacial score (nSPS) is 11.0. The maximum atomic E-state index is 13.6. The van der Waals surface area contributed by atoms with Crippen molar-refractivity contribution in [2.24, 2.45) is 0 Å². The lowest BCUT2D eigenvalue weighted by Gasteiger charge is -2.21. The summed E-state index contributed by atoms with van der Waals surface area (Å²) in [7, 11) is 1.54. The Kier molecular flexibility index (Phi) is 6.92. The van der Waals surface area contributed by atoms with Crippen molar-refractivity contribution in [2.75, 3.05) is 25.2 Å². The second-order valence-electron chi connectivity index (χ2n) is 7.01. The molecule has 4 rings (SSSR count). The van der Waals surface area contributed by atoms with Crippen LogP contribution >= 0.6 is 22.9 Å². The van der Waals surface area contributed by atoms with Crippen molar-refractivity contribution < 1.29 is 14.3 Å². The van der Waals surface area contributed by atoms with Crippen LogP contribution in [0.1, 0.15) is 23.7 Å². The quantitative estimate of drug-likeness (QED) is 0.332. The summed E-state index contributed by atoms with van der Waals surface area (Å²) in [5, 5.41) is 1.09. The van der Waals surface area contributed by atoms with Gasteiger partial charge in [-0.15, -0.1) is 0 Å². The minimum atomic E-state index is -0.209. The highest BCUT2D eigenvalue weighted by molar-refractivity contribution is 7.22. The van der Waals surface area contributed by atoms with E-state index in [1.165, 1.54) is 18.4 Å². The first-order valence-corrected chi connectivity index (χ1v) is 11.4. The van der Waals surface area contributed by atoms with Gasteiger partial charge >= 0.3 is 0 Å². The Balaban J connectivity index is 1.67. The lowest BCUT2D eigenvalue weighted by atomic mass is 10.1. The van der Waals surface area contributed by atoms with Gasteiger partial charge in [-0.2, -0.15) is 0 Å². The van der Waals surface area contributed by atoms with Crippen LogP contribution < -0.4 is 14.4 Å². The number of methoxy groups -OCH3 is 1. The molecule has 2 aromatic heterocycles. The van der Waals surface area contributed by atoms with Gasteiger partial charge in [-0.25, -0.2) is 9.97 Å². The van der Waals surface area contributed by atoms with Gasteiger partial charge in [0, 0.05) is 30.5 Å². The van der Waals surface area contributed by atoms with Crippen LogP contribution in [0.5, 0.6) is 11.5 Å². The highest BCUT2D eigenvalue weighted by Crippen LogP contribution is 2.34. The summed E-state index contributed by atoms with van der Waals surface area (Å²) < 4.78 is 14.0. The van der Waals surface area contributed by atoms with E-state index in [0.717, 1.165) is 28.9 Å². The van der Waals surface area contributed by atoms with E-state index in [0.29, 0.717) is 34.6 Å². The molecule has 0 fully saturated rings. The number of benzene rings is 2. The molecule has 0 aliphatic rings. The van der Waals surface area contributed by atoms with Crippen LogP contribution in [0.4, 0.5) is 5.13 Å². The summed E-state index contributed by atoms with van der Waals surface area (Å²) in [4.78, 5) is 24.1. The van der Waals surface area contributed by atoms with Crippen molar-refractivity contribution in [1.29, 1.82) is 0 Å². The first kappa shape index (κ1) is 22.1. The summed E-state index contributed by atoms with van der Waals surface area (Å²) in [6.45, 7) is 3.74. The van der Waals surface area contributed by atoms with Gasteiger partial charge in [0.15, 0.2) is 5.13 Å². The van der Waals surface area contributed by atoms with Gasteiger partial charge < -0.3 is 14.0 Å². The first-order chi connectivity index (χ1) is 15.6. The number of ether oxygens (including phenoxy) is 2. The largest absolute Gasteiger partial charge is 0.496 e. The van der Waals surface area contributed by atoms with E-state index < -0.39 is 0 Å². The molecule has 4 aromatic rings. The number of hydrogen-bond donors (Lipinski definition) is 0. The Morgan fingerprint density at radius 2 is 2.12 bits per heavy atom. The van der Waals surface area contributed by atoms with E-state index in [9.17, 15) is 4.79 Å².